The molecule has 1 atom stereocenters. The number of amides is 4. The molecule has 4 N–H and O–H groups in total. The molecule has 42 heavy (non-hydrogen) atoms. The molecule has 2 rings (SSSR count). The molecule has 0 saturated carbocycles. The minimum absolute atomic E-state index is 0.104. The fraction of sp³-hybridized carbons (Fsp3) is 0.393. The van der Waals surface area contributed by atoms with Gasteiger partial charge in [0.15, 0.2) is 0 Å². The Morgan fingerprint density at radius 3 is 2.07 bits per heavy atom. The summed E-state index contributed by atoms with van der Waals surface area (Å²) in [5.74, 6) is -5.15. The first-order valence-corrected chi connectivity index (χ1v) is 13.2. The van der Waals surface area contributed by atoms with Gasteiger partial charge in [-0.1, -0.05) is 61.5 Å². The van der Waals surface area contributed by atoms with E-state index in [0.717, 1.165) is 17.5 Å². The molecule has 2 aromatic carbocycles. The van der Waals surface area contributed by atoms with E-state index < -0.39 is 48.9 Å². The third-order valence-electron chi connectivity index (χ3n) is 5.67. The SMILES string of the molecule is CCCNC(=O)NCCCCC(=O)NCC(=O)NC(CC(=O)OOC(=O)C(F)(F)F)c1ccc(-c2ccccc2)cc1. The third-order valence-corrected chi connectivity index (χ3v) is 5.67. The first kappa shape index (κ1) is 33.6. The van der Waals surface area contributed by atoms with Gasteiger partial charge in [-0.05, 0) is 36.0 Å². The van der Waals surface area contributed by atoms with Crippen LogP contribution in [0.5, 0.6) is 0 Å². The van der Waals surface area contributed by atoms with E-state index in [-0.39, 0.29) is 12.5 Å². The maximum Gasteiger partial charge on any atom is 0.495 e. The summed E-state index contributed by atoms with van der Waals surface area (Å²) >= 11 is 0. The number of carbonyl (C=O) groups excluding carboxylic acids is 5. The largest absolute Gasteiger partial charge is 0.495 e. The van der Waals surface area contributed by atoms with Gasteiger partial charge >= 0.3 is 24.1 Å². The van der Waals surface area contributed by atoms with Gasteiger partial charge < -0.3 is 21.3 Å². The van der Waals surface area contributed by atoms with Gasteiger partial charge in [0.2, 0.25) is 11.8 Å². The molecule has 0 aliphatic carbocycles. The minimum Gasteiger partial charge on any atom is -0.347 e. The molecule has 0 heterocycles. The average molecular weight is 595 g/mol. The zero-order valence-electron chi connectivity index (χ0n) is 22.9. The second kappa shape index (κ2) is 17.3. The van der Waals surface area contributed by atoms with Gasteiger partial charge in [-0.2, -0.15) is 13.2 Å². The number of alkyl halides is 3. The summed E-state index contributed by atoms with van der Waals surface area (Å²) in [7, 11) is 0. The van der Waals surface area contributed by atoms with Gasteiger partial charge in [-0.3, -0.25) is 9.59 Å². The monoisotopic (exact) mass is 594 g/mol. The summed E-state index contributed by atoms with van der Waals surface area (Å²) in [5.41, 5.74) is 2.14. The predicted octanol–water partition coefficient (Wildman–Crippen LogP) is 3.46. The van der Waals surface area contributed by atoms with Gasteiger partial charge in [-0.15, -0.1) is 0 Å². The standard InChI is InChI=1S/C28H33F3N4O7/c1-2-15-32-27(40)33-16-7-6-10-23(36)34-18-24(37)35-22(17-25(38)41-42-26(39)28(29,30)31)21-13-11-20(12-14-21)19-8-4-3-5-9-19/h3-5,8-9,11-14,22H,2,6-7,10,15-18H2,1H3,(H,34,36)(H,35,37)(H2,32,33,40). The maximum absolute atomic E-state index is 12.6. The molecule has 0 bridgehead atoms. The highest BCUT2D eigenvalue weighted by Crippen LogP contribution is 2.24. The number of rotatable bonds is 14. The molecular weight excluding hydrogens is 561 g/mol. The highest BCUT2D eigenvalue weighted by Gasteiger charge is 2.43. The van der Waals surface area contributed by atoms with Crippen LogP contribution in [0.25, 0.3) is 11.1 Å². The molecule has 0 radical (unpaired) electrons. The molecule has 0 aliphatic rings. The van der Waals surface area contributed by atoms with E-state index in [1.165, 1.54) is 0 Å². The summed E-state index contributed by atoms with van der Waals surface area (Å²) < 4.78 is 37.0. The number of nitrogens with one attached hydrogen (secondary N) is 4. The van der Waals surface area contributed by atoms with Crippen molar-refractivity contribution in [2.75, 3.05) is 19.6 Å². The van der Waals surface area contributed by atoms with Crippen molar-refractivity contribution in [2.24, 2.45) is 0 Å². The number of hydrogen-bond acceptors (Lipinski definition) is 7. The van der Waals surface area contributed by atoms with E-state index in [1.54, 1.807) is 24.3 Å². The Morgan fingerprint density at radius 1 is 0.786 bits per heavy atom. The maximum atomic E-state index is 12.6. The molecule has 14 heteroatoms. The number of hydrogen-bond donors (Lipinski definition) is 4. The normalized spacial score (nSPS) is 11.5. The van der Waals surface area contributed by atoms with E-state index in [2.05, 4.69) is 31.0 Å². The zero-order valence-corrected chi connectivity index (χ0v) is 22.9. The van der Waals surface area contributed by atoms with Crippen molar-refractivity contribution in [1.29, 1.82) is 0 Å². The zero-order chi connectivity index (χ0) is 31.0. The Bertz CT molecular complexity index is 1190. The van der Waals surface area contributed by atoms with Crippen LogP contribution in [0, 0.1) is 0 Å². The summed E-state index contributed by atoms with van der Waals surface area (Å²) in [6.07, 6.45) is -4.12. The van der Waals surface area contributed by atoms with Crippen molar-refractivity contribution < 1.29 is 46.9 Å². The van der Waals surface area contributed by atoms with E-state index in [0.29, 0.717) is 31.5 Å². The van der Waals surface area contributed by atoms with E-state index >= 15 is 0 Å². The number of halogens is 3. The first-order chi connectivity index (χ1) is 20.0. The van der Waals surface area contributed by atoms with Gasteiger partial charge in [0.1, 0.15) is 0 Å². The molecule has 0 spiro atoms. The van der Waals surface area contributed by atoms with Gasteiger partial charge in [0.05, 0.1) is 19.0 Å². The van der Waals surface area contributed by atoms with Gasteiger partial charge in [-0.25, -0.2) is 24.2 Å². The molecule has 2 aromatic rings. The van der Waals surface area contributed by atoms with Crippen LogP contribution >= 0.6 is 0 Å². The summed E-state index contributed by atoms with van der Waals surface area (Å²) in [6, 6.07) is 14.6. The van der Waals surface area contributed by atoms with Crippen molar-refractivity contribution in [2.45, 2.75) is 51.2 Å². The number of carbonyl (C=O) groups is 5. The molecule has 4 amide bonds. The van der Waals surface area contributed by atoms with Gasteiger partial charge in [0, 0.05) is 19.5 Å². The second-order valence-electron chi connectivity index (χ2n) is 9.05. The lowest BCUT2D eigenvalue weighted by atomic mass is 9.99. The number of urea groups is 1. The summed E-state index contributed by atoms with van der Waals surface area (Å²) in [6.45, 7) is 2.43. The molecule has 0 saturated heterocycles. The fourth-order valence-corrected chi connectivity index (χ4v) is 3.55. The second-order valence-corrected chi connectivity index (χ2v) is 9.05. The Hall–Kier alpha value is -4.62. The lowest BCUT2D eigenvalue weighted by Crippen LogP contribution is -2.39. The van der Waals surface area contributed by atoms with Crippen molar-refractivity contribution in [3.63, 3.8) is 0 Å². The van der Waals surface area contributed by atoms with Crippen LogP contribution in [0.1, 0.15) is 50.6 Å². The number of benzene rings is 2. The van der Waals surface area contributed by atoms with Crippen molar-refractivity contribution >= 4 is 29.8 Å². The smallest absolute Gasteiger partial charge is 0.347 e. The molecule has 228 valence electrons. The van der Waals surface area contributed by atoms with Crippen molar-refractivity contribution in [3.05, 3.63) is 60.2 Å². The Labute approximate surface area is 240 Å². The highest BCUT2D eigenvalue weighted by molar-refractivity contribution is 5.85. The Balaban J connectivity index is 1.92. The summed E-state index contributed by atoms with van der Waals surface area (Å²) in [5, 5.41) is 10.3. The molecule has 11 nitrogen and oxygen atoms in total. The van der Waals surface area contributed by atoms with Crippen LogP contribution in [0.3, 0.4) is 0 Å². The first-order valence-electron chi connectivity index (χ1n) is 13.2. The average Bonchev–Trinajstić information content (AvgIpc) is 2.97. The molecular formula is C28H33F3N4O7. The lowest BCUT2D eigenvalue weighted by Gasteiger charge is -2.19. The van der Waals surface area contributed by atoms with Crippen LogP contribution < -0.4 is 21.3 Å². The fourth-order valence-electron chi connectivity index (χ4n) is 3.55. The molecule has 0 aromatic heterocycles. The van der Waals surface area contributed by atoms with E-state index in [4.69, 9.17) is 0 Å². The van der Waals surface area contributed by atoms with Crippen molar-refractivity contribution in [1.82, 2.24) is 21.3 Å². The minimum atomic E-state index is -5.36. The third kappa shape index (κ3) is 12.7. The van der Waals surface area contributed by atoms with E-state index in [9.17, 15) is 37.1 Å². The van der Waals surface area contributed by atoms with Crippen LogP contribution in [0.15, 0.2) is 54.6 Å². The van der Waals surface area contributed by atoms with Crippen LogP contribution in [0.4, 0.5) is 18.0 Å². The highest BCUT2D eigenvalue weighted by atomic mass is 19.4. The number of unbranched alkanes of at least 4 members (excludes halogenated alkanes) is 1. The summed E-state index contributed by atoms with van der Waals surface area (Å²) in [4.78, 5) is 66.7. The van der Waals surface area contributed by atoms with Crippen molar-refractivity contribution in [3.8, 4) is 11.1 Å². The van der Waals surface area contributed by atoms with Gasteiger partial charge in [0.25, 0.3) is 0 Å². The topological polar surface area (TPSA) is 152 Å². The molecule has 1 unspecified atom stereocenters. The Kier molecular flexibility index (Phi) is 13.8. The molecule has 0 aliphatic heterocycles. The lowest BCUT2D eigenvalue weighted by molar-refractivity contribution is -0.286. The van der Waals surface area contributed by atoms with Crippen LogP contribution in [-0.2, 0) is 29.0 Å². The Morgan fingerprint density at radius 2 is 1.43 bits per heavy atom. The van der Waals surface area contributed by atoms with Crippen LogP contribution in [0.2, 0.25) is 0 Å². The quantitative estimate of drug-likeness (QED) is 0.149. The molecule has 0 fully saturated rings. The van der Waals surface area contributed by atoms with Crippen LogP contribution in [-0.4, -0.2) is 55.6 Å². The predicted molar refractivity (Wildman–Crippen MR) is 144 cm³/mol. The van der Waals surface area contributed by atoms with E-state index in [1.807, 2.05) is 37.3 Å².